The number of aromatic nitrogens is 3. The number of nitrogens with zero attached hydrogens (tertiary/aromatic N) is 3. The van der Waals surface area contributed by atoms with Gasteiger partial charge < -0.3 is 11.5 Å². The fraction of sp³-hybridized carbons (Fsp3) is 0.167. The molecule has 0 aliphatic carbocycles. The van der Waals surface area contributed by atoms with Gasteiger partial charge in [-0.05, 0) is 43.0 Å². The molecule has 0 radical (unpaired) electrons. The van der Waals surface area contributed by atoms with E-state index in [9.17, 15) is 0 Å². The van der Waals surface area contributed by atoms with Gasteiger partial charge in [0.05, 0.1) is 11.2 Å². The van der Waals surface area contributed by atoms with Crippen LogP contribution in [-0.2, 0) is 6.42 Å². The van der Waals surface area contributed by atoms with E-state index in [2.05, 4.69) is 45.3 Å². The predicted molar refractivity (Wildman–Crippen MR) is 94.6 cm³/mol. The highest BCUT2D eigenvalue weighted by Crippen LogP contribution is 2.17. The number of rotatable bonds is 5. The van der Waals surface area contributed by atoms with E-state index in [0.717, 1.165) is 25.0 Å². The molecule has 1 aromatic carbocycles. The lowest BCUT2D eigenvalue weighted by atomic mass is 10.1. The summed E-state index contributed by atoms with van der Waals surface area (Å²) >= 11 is 0. The summed E-state index contributed by atoms with van der Waals surface area (Å²) in [5.74, 6) is 0.479. The average Bonchev–Trinajstić information content (AvgIpc) is 2.56. The van der Waals surface area contributed by atoms with Crippen molar-refractivity contribution in [2.24, 2.45) is 0 Å². The number of aryl methyl sites for hydroxylation is 1. The molecule has 0 unspecified atom stereocenters. The Hall–Kier alpha value is -2.95. The minimum atomic E-state index is 0.168. The van der Waals surface area contributed by atoms with Crippen LogP contribution in [0.3, 0.4) is 0 Å². The third-order valence-electron chi connectivity index (χ3n) is 3.58. The van der Waals surface area contributed by atoms with Crippen LogP contribution in [0.25, 0.3) is 17.1 Å². The van der Waals surface area contributed by atoms with Gasteiger partial charge in [0.25, 0.3) is 0 Å². The summed E-state index contributed by atoms with van der Waals surface area (Å²) in [4.78, 5) is 12.5. The van der Waals surface area contributed by atoms with Gasteiger partial charge in [-0.15, -0.1) is 0 Å². The summed E-state index contributed by atoms with van der Waals surface area (Å²) in [6.07, 6.45) is 7.32. The van der Waals surface area contributed by atoms with Crippen LogP contribution in [0.5, 0.6) is 0 Å². The van der Waals surface area contributed by atoms with Gasteiger partial charge in [0.1, 0.15) is 5.52 Å². The normalized spacial score (nSPS) is 11.3. The van der Waals surface area contributed by atoms with Gasteiger partial charge >= 0.3 is 0 Å². The summed E-state index contributed by atoms with van der Waals surface area (Å²) < 4.78 is 0. The van der Waals surface area contributed by atoms with Gasteiger partial charge in [0, 0.05) is 0 Å². The van der Waals surface area contributed by atoms with Gasteiger partial charge in [0.15, 0.2) is 5.82 Å². The molecule has 23 heavy (non-hydrogen) atoms. The fourth-order valence-electron chi connectivity index (χ4n) is 2.44. The molecule has 2 heterocycles. The third-order valence-corrected chi connectivity index (χ3v) is 3.58. The summed E-state index contributed by atoms with van der Waals surface area (Å²) in [6.45, 7) is 0. The number of allylic oxidation sites excluding steroid dienone is 1. The molecule has 5 nitrogen and oxygen atoms in total. The zero-order valence-electron chi connectivity index (χ0n) is 12.8. The van der Waals surface area contributed by atoms with Crippen LogP contribution < -0.4 is 11.5 Å². The fourth-order valence-corrected chi connectivity index (χ4v) is 2.44. The standard InChI is InChI=1S/C18H19N5/c19-17-16-15(22-18(20)23-17)12-11-14(21-16)10-6-2-5-9-13-7-3-1-4-8-13/h1,3-4,6-8,10-12H,2,5,9H2,(H4,19,20,22,23)/b10-6+. The van der Waals surface area contributed by atoms with Crippen LogP contribution in [0, 0.1) is 0 Å². The third kappa shape index (κ3) is 3.83. The highest BCUT2D eigenvalue weighted by molar-refractivity contribution is 5.85. The number of nitrogens with two attached hydrogens (primary N) is 2. The molecule has 3 aromatic rings. The molecular formula is C18H19N5. The lowest BCUT2D eigenvalue weighted by molar-refractivity contribution is 0.845. The average molecular weight is 305 g/mol. The Morgan fingerprint density at radius 3 is 2.57 bits per heavy atom. The number of nitrogen functional groups attached to an aromatic ring is 2. The van der Waals surface area contributed by atoms with Crippen LogP contribution in [0.2, 0.25) is 0 Å². The predicted octanol–water partition coefficient (Wildman–Crippen LogP) is 3.23. The quantitative estimate of drug-likeness (QED) is 0.706. The lowest BCUT2D eigenvalue weighted by Crippen LogP contribution is -2.02. The first-order chi connectivity index (χ1) is 11.2. The molecule has 0 atom stereocenters. The number of hydrogen-bond donors (Lipinski definition) is 2. The van der Waals surface area contributed by atoms with Crippen molar-refractivity contribution in [3.05, 3.63) is 59.8 Å². The molecule has 0 fully saturated rings. The Balaban J connectivity index is 1.62. The van der Waals surface area contributed by atoms with E-state index < -0.39 is 0 Å². The van der Waals surface area contributed by atoms with Crippen molar-refractivity contribution in [1.82, 2.24) is 15.0 Å². The first-order valence-corrected chi connectivity index (χ1v) is 7.62. The van der Waals surface area contributed by atoms with E-state index in [1.807, 2.05) is 24.3 Å². The molecule has 0 aliphatic heterocycles. The molecule has 2 aromatic heterocycles. The van der Waals surface area contributed by atoms with Gasteiger partial charge in [-0.3, -0.25) is 0 Å². The minimum Gasteiger partial charge on any atom is -0.382 e. The smallest absolute Gasteiger partial charge is 0.222 e. The number of hydrogen-bond acceptors (Lipinski definition) is 5. The highest BCUT2D eigenvalue weighted by Gasteiger charge is 2.04. The van der Waals surface area contributed by atoms with Crippen LogP contribution in [0.1, 0.15) is 24.1 Å². The molecule has 4 N–H and O–H groups in total. The molecule has 5 heteroatoms. The summed E-state index contributed by atoms with van der Waals surface area (Å²) in [5, 5.41) is 0. The molecule has 0 saturated heterocycles. The lowest BCUT2D eigenvalue weighted by Gasteiger charge is -2.02. The molecular weight excluding hydrogens is 286 g/mol. The van der Waals surface area contributed by atoms with E-state index in [4.69, 9.17) is 11.5 Å². The molecule has 0 aliphatic rings. The van der Waals surface area contributed by atoms with Crippen molar-refractivity contribution >= 4 is 28.9 Å². The molecule has 0 bridgehead atoms. The summed E-state index contributed by atoms with van der Waals surface area (Å²) in [5.41, 5.74) is 14.9. The molecule has 3 rings (SSSR count). The zero-order valence-corrected chi connectivity index (χ0v) is 12.8. The Labute approximate surface area is 135 Å². The van der Waals surface area contributed by atoms with Gasteiger partial charge in [0.2, 0.25) is 5.95 Å². The van der Waals surface area contributed by atoms with Crippen molar-refractivity contribution in [1.29, 1.82) is 0 Å². The maximum absolute atomic E-state index is 5.85. The van der Waals surface area contributed by atoms with Gasteiger partial charge in [-0.2, -0.15) is 4.98 Å². The van der Waals surface area contributed by atoms with E-state index in [1.165, 1.54) is 5.56 Å². The number of pyridine rings is 1. The number of unbranched alkanes of at least 4 members (excludes halogenated alkanes) is 1. The van der Waals surface area contributed by atoms with E-state index >= 15 is 0 Å². The van der Waals surface area contributed by atoms with Crippen LogP contribution in [0.4, 0.5) is 11.8 Å². The number of benzene rings is 1. The molecule has 116 valence electrons. The number of anilines is 2. The summed E-state index contributed by atoms with van der Waals surface area (Å²) in [7, 11) is 0. The largest absolute Gasteiger partial charge is 0.382 e. The van der Waals surface area contributed by atoms with Gasteiger partial charge in [-0.25, -0.2) is 9.97 Å². The first kappa shape index (κ1) is 15.0. The van der Waals surface area contributed by atoms with Crippen LogP contribution in [0.15, 0.2) is 48.5 Å². The second-order valence-corrected chi connectivity index (χ2v) is 5.35. The van der Waals surface area contributed by atoms with Crippen molar-refractivity contribution in [3.8, 4) is 0 Å². The highest BCUT2D eigenvalue weighted by atomic mass is 15.0. The maximum atomic E-state index is 5.85. The Kier molecular flexibility index (Phi) is 4.47. The van der Waals surface area contributed by atoms with Gasteiger partial charge in [-0.1, -0.05) is 36.4 Å². The molecule has 0 saturated carbocycles. The maximum Gasteiger partial charge on any atom is 0.222 e. The van der Waals surface area contributed by atoms with E-state index in [-0.39, 0.29) is 5.95 Å². The first-order valence-electron chi connectivity index (χ1n) is 7.62. The van der Waals surface area contributed by atoms with E-state index in [0.29, 0.717) is 16.9 Å². The number of fused-ring (bicyclic) bond motifs is 1. The second-order valence-electron chi connectivity index (χ2n) is 5.35. The minimum absolute atomic E-state index is 0.168. The zero-order chi connectivity index (χ0) is 16.1. The van der Waals surface area contributed by atoms with Crippen LogP contribution >= 0.6 is 0 Å². The Morgan fingerprint density at radius 1 is 0.913 bits per heavy atom. The summed E-state index contributed by atoms with van der Waals surface area (Å²) in [6, 6.07) is 14.3. The van der Waals surface area contributed by atoms with Crippen molar-refractivity contribution in [2.45, 2.75) is 19.3 Å². The van der Waals surface area contributed by atoms with E-state index in [1.54, 1.807) is 0 Å². The second kappa shape index (κ2) is 6.87. The SMILES string of the molecule is Nc1nc(N)c2nc(/C=C/CCCc3ccccc3)ccc2n1. The van der Waals surface area contributed by atoms with Crippen LogP contribution in [-0.4, -0.2) is 15.0 Å². The molecule has 0 amide bonds. The van der Waals surface area contributed by atoms with Crippen molar-refractivity contribution in [2.75, 3.05) is 11.5 Å². The topological polar surface area (TPSA) is 90.7 Å². The van der Waals surface area contributed by atoms with Crippen molar-refractivity contribution < 1.29 is 0 Å². The Morgan fingerprint density at radius 2 is 1.74 bits per heavy atom. The van der Waals surface area contributed by atoms with Crippen molar-refractivity contribution in [3.63, 3.8) is 0 Å². The molecule has 0 spiro atoms. The Bertz CT molecular complexity index is 827. The monoisotopic (exact) mass is 305 g/mol.